The summed E-state index contributed by atoms with van der Waals surface area (Å²) in [7, 11) is -24.3. The Hall–Kier alpha value is 2.18. The number of phosphoric acid groups is 4. The average Bonchev–Trinajstić information content (AvgIpc) is 3.04. The summed E-state index contributed by atoms with van der Waals surface area (Å²) in [6.45, 7) is -1.24. The van der Waals surface area contributed by atoms with Gasteiger partial charge in [0.05, 0.1) is 6.61 Å². The van der Waals surface area contributed by atoms with Crippen LogP contribution >= 0.6 is 31.3 Å². The fourth-order valence-corrected chi connectivity index (χ4v) is 7.72. The zero-order chi connectivity index (χ0) is 29.2. The van der Waals surface area contributed by atoms with E-state index in [0.29, 0.717) is 4.57 Å². The molecule has 0 amide bonds. The molecule has 8 atom stereocenters. The van der Waals surface area contributed by atoms with Crippen LogP contribution in [0.1, 0.15) is 6.23 Å². The molecule has 3 rings (SSSR count). The number of benzene rings is 1. The first-order valence-corrected chi connectivity index (χ1v) is 15.8. The molecule has 20 nitrogen and oxygen atoms in total. The van der Waals surface area contributed by atoms with E-state index in [1.807, 2.05) is 0 Å². The van der Waals surface area contributed by atoms with Gasteiger partial charge in [-0.2, -0.15) is 0 Å². The maximum absolute atomic E-state index is 11.9. The van der Waals surface area contributed by atoms with Crippen molar-refractivity contribution in [3.05, 3.63) is 53.1 Å². The third kappa shape index (κ3) is 15.1. The van der Waals surface area contributed by atoms with Crippen LogP contribution in [-0.4, -0.2) is 49.6 Å². The number of hydrogen-bond donors (Lipinski definition) is 3. The van der Waals surface area contributed by atoms with Gasteiger partial charge in [-0.25, -0.2) is 27.3 Å². The van der Waals surface area contributed by atoms with Crippen LogP contribution < -0.4 is 148 Å². The van der Waals surface area contributed by atoms with Crippen LogP contribution in [0.4, 0.5) is 0 Å². The van der Waals surface area contributed by atoms with E-state index in [-0.39, 0.29) is 118 Å². The standard InChI is InChI=1S/C15H20N2O18P4.4Na/c18-11-6-7-17(15(21)16-11)14-13(20)12(19)10(31-14)8-30-36(22,23)33-38(26,27)35-39(28,29)34-37(24,25)32-9-4-2-1-3-5-9;;;;/h1-7,10,12-14,19-20H,8H2,(H,22,23)(H,24,25)(H,26,27)(H,28,29)(H,16,18,21);;;;/q;4*+1/p-4. The van der Waals surface area contributed by atoms with E-state index in [0.717, 1.165) is 24.4 Å². The molecule has 1 aromatic heterocycles. The van der Waals surface area contributed by atoms with Gasteiger partial charge in [-0.1, -0.05) is 18.2 Å². The minimum atomic E-state index is -6.40. The summed E-state index contributed by atoms with van der Waals surface area (Å²) in [6, 6.07) is 7.09. The van der Waals surface area contributed by atoms with Crippen LogP contribution in [0.25, 0.3) is 0 Å². The quantitative estimate of drug-likeness (QED) is 0.135. The monoisotopic (exact) mass is 728 g/mol. The molecule has 1 fully saturated rings. The number of nitrogens with zero attached hydrogens (tertiary/aromatic N) is 2. The summed E-state index contributed by atoms with van der Waals surface area (Å²) in [4.78, 5) is 59.8. The van der Waals surface area contributed by atoms with E-state index in [9.17, 15) is 57.9 Å². The zero-order valence-corrected chi connectivity index (χ0v) is 34.3. The molecule has 0 spiro atoms. The minimum Gasteiger partial charge on any atom is -0.858 e. The second-order valence-electron chi connectivity index (χ2n) is 7.26. The van der Waals surface area contributed by atoms with Crippen molar-refractivity contribution in [2.24, 2.45) is 0 Å². The molecule has 0 saturated carbocycles. The second kappa shape index (κ2) is 19.4. The Balaban J connectivity index is 0. The normalized spacial score (nSPS) is 25.0. The first kappa shape index (κ1) is 47.3. The molecule has 1 aliphatic rings. The van der Waals surface area contributed by atoms with Gasteiger partial charge in [0.2, 0.25) is 0 Å². The molecular weight excluding hydrogens is 712 g/mol. The molecule has 1 aromatic carbocycles. The van der Waals surface area contributed by atoms with E-state index in [2.05, 4.69) is 27.0 Å². The number of aliphatic hydroxyl groups is 2. The summed E-state index contributed by atoms with van der Waals surface area (Å²) < 4.78 is 72.3. The van der Waals surface area contributed by atoms with Gasteiger partial charge in [0.25, 0.3) is 15.6 Å². The Morgan fingerprint density at radius 2 is 1.42 bits per heavy atom. The SMILES string of the molecule is O=c1nc([O-])ccn1C1OC(COP(=O)([O-])OP(=O)([O-])OP(=O)(O)OP(=O)([O-])Oc2ccccc2)C(O)C1O.[Na+].[Na+].[Na+].[Na+]. The largest absolute Gasteiger partial charge is 1.00 e. The molecule has 1 saturated heterocycles. The van der Waals surface area contributed by atoms with Crippen molar-refractivity contribution in [2.75, 3.05) is 6.61 Å². The van der Waals surface area contributed by atoms with Gasteiger partial charge in [-0.3, -0.25) is 18.3 Å². The van der Waals surface area contributed by atoms with Crippen LogP contribution in [0, 0.1) is 0 Å². The molecule has 8 unspecified atom stereocenters. The Kier molecular flexibility index (Phi) is 21.3. The van der Waals surface area contributed by atoms with Crippen LogP contribution in [-0.2, 0) is 40.5 Å². The molecule has 1 aliphatic heterocycles. The molecule has 3 N–H and O–H groups in total. The van der Waals surface area contributed by atoms with E-state index in [1.54, 1.807) is 0 Å². The van der Waals surface area contributed by atoms with Crippen molar-refractivity contribution in [2.45, 2.75) is 24.5 Å². The first-order valence-electron chi connectivity index (χ1n) is 9.96. The summed E-state index contributed by atoms with van der Waals surface area (Å²) in [5.41, 5.74) is -1.19. The van der Waals surface area contributed by atoms with E-state index >= 15 is 0 Å². The van der Waals surface area contributed by atoms with Gasteiger partial charge in [-0.15, -0.1) is 0 Å². The van der Waals surface area contributed by atoms with Crippen LogP contribution in [0.3, 0.4) is 0 Å². The van der Waals surface area contributed by atoms with Crippen molar-refractivity contribution in [1.29, 1.82) is 0 Å². The van der Waals surface area contributed by atoms with Crippen molar-refractivity contribution in [3.8, 4) is 11.6 Å². The van der Waals surface area contributed by atoms with Gasteiger partial charge in [0.15, 0.2) is 6.23 Å². The average molecular weight is 728 g/mol. The number of phosphoric ester groups is 2. The summed E-state index contributed by atoms with van der Waals surface area (Å²) in [6.07, 6.45) is -6.35. The number of hydrogen-bond acceptors (Lipinski definition) is 18. The number of aliphatic hydroxyl groups excluding tert-OH is 2. The smallest absolute Gasteiger partial charge is 0.858 e. The molecule has 43 heavy (non-hydrogen) atoms. The van der Waals surface area contributed by atoms with Crippen LogP contribution in [0.2, 0.25) is 0 Å². The number of aromatic nitrogens is 2. The number of ether oxygens (including phenoxy) is 1. The minimum absolute atomic E-state index is 0. The van der Waals surface area contributed by atoms with E-state index in [4.69, 9.17) is 4.74 Å². The first-order chi connectivity index (χ1) is 17.9. The van der Waals surface area contributed by atoms with Gasteiger partial charge in [0.1, 0.15) is 24.1 Å². The third-order valence-electron chi connectivity index (χ3n) is 4.38. The topological polar surface area (TPSA) is 311 Å². The van der Waals surface area contributed by atoms with Gasteiger partial charge >= 0.3 is 140 Å². The predicted molar refractivity (Wildman–Crippen MR) is 113 cm³/mol. The van der Waals surface area contributed by atoms with Crippen molar-refractivity contribution >= 4 is 31.3 Å². The zero-order valence-electron chi connectivity index (χ0n) is 22.7. The van der Waals surface area contributed by atoms with Gasteiger partial charge in [0, 0.05) is 6.20 Å². The second-order valence-corrected chi connectivity index (χ2v) is 13.3. The molecule has 0 aliphatic carbocycles. The molecule has 0 radical (unpaired) electrons. The summed E-state index contributed by atoms with van der Waals surface area (Å²) in [5.74, 6) is -1.32. The maximum Gasteiger partial charge on any atom is 1.00 e. The van der Waals surface area contributed by atoms with Gasteiger partial charge < -0.3 is 48.7 Å². The fourth-order valence-electron chi connectivity index (χ4n) is 2.91. The summed E-state index contributed by atoms with van der Waals surface area (Å²) in [5, 5.41) is 31.2. The van der Waals surface area contributed by atoms with Crippen molar-refractivity contribution in [3.63, 3.8) is 0 Å². The molecular formula is C15H16N2Na4O18P4. The number of rotatable bonds is 12. The number of para-hydroxylation sites is 1. The predicted octanol–water partition coefficient (Wildman–Crippen LogP) is -14.4. The Labute approximate surface area is 330 Å². The molecule has 2 aromatic rings. The summed E-state index contributed by atoms with van der Waals surface area (Å²) >= 11 is 0. The Morgan fingerprint density at radius 1 is 0.860 bits per heavy atom. The van der Waals surface area contributed by atoms with Crippen molar-refractivity contribution < 1.29 is 198 Å². The molecule has 218 valence electrons. The Bertz CT molecular complexity index is 1440. The van der Waals surface area contributed by atoms with Crippen LogP contribution in [0.5, 0.6) is 11.6 Å². The maximum atomic E-state index is 11.9. The fraction of sp³-hybridized carbons (Fsp3) is 0.333. The Morgan fingerprint density at radius 3 is 1.98 bits per heavy atom. The molecule has 2 heterocycles. The van der Waals surface area contributed by atoms with Crippen LogP contribution in [0.15, 0.2) is 47.4 Å². The van der Waals surface area contributed by atoms with Gasteiger partial charge in [-0.05, 0) is 24.1 Å². The van der Waals surface area contributed by atoms with Crippen molar-refractivity contribution in [1.82, 2.24) is 9.55 Å². The van der Waals surface area contributed by atoms with E-state index < -0.39 is 79.8 Å². The van der Waals surface area contributed by atoms with E-state index in [1.165, 1.54) is 18.2 Å². The third-order valence-corrected chi connectivity index (χ3v) is 10.1. The molecule has 28 heteroatoms. The molecule has 0 bridgehead atoms.